The number of rotatable bonds is 4. The number of sulfone groups is 1. The second-order valence-corrected chi connectivity index (χ2v) is 7.89. The van der Waals surface area contributed by atoms with E-state index in [1.807, 2.05) is 26.4 Å². The molecule has 0 bridgehead atoms. The van der Waals surface area contributed by atoms with Crippen molar-refractivity contribution in [1.82, 2.24) is 14.7 Å². The largest absolute Gasteiger partial charge is 0.326 e. The molecule has 0 amide bonds. The highest BCUT2D eigenvalue weighted by Gasteiger charge is 2.36. The SMILES string of the molecule is CCC(N)C(c1cnn(C)c1)N1CCS(=O)(=O)CC1C. The van der Waals surface area contributed by atoms with E-state index >= 15 is 0 Å². The predicted octanol–water partition coefficient (Wildman–Crippen LogP) is 0.317. The summed E-state index contributed by atoms with van der Waals surface area (Å²) in [5, 5.41) is 4.22. The van der Waals surface area contributed by atoms with Crippen LogP contribution in [-0.4, -0.2) is 53.2 Å². The lowest BCUT2D eigenvalue weighted by atomic mass is 9.97. The first kappa shape index (κ1) is 15.5. The zero-order chi connectivity index (χ0) is 14.9. The quantitative estimate of drug-likeness (QED) is 0.866. The van der Waals surface area contributed by atoms with Gasteiger partial charge in [0.05, 0.1) is 23.7 Å². The van der Waals surface area contributed by atoms with Crippen molar-refractivity contribution in [3.05, 3.63) is 18.0 Å². The zero-order valence-corrected chi connectivity index (χ0v) is 13.2. The van der Waals surface area contributed by atoms with E-state index < -0.39 is 9.84 Å². The van der Waals surface area contributed by atoms with E-state index in [0.717, 1.165) is 12.0 Å². The van der Waals surface area contributed by atoms with Crippen LogP contribution >= 0.6 is 0 Å². The van der Waals surface area contributed by atoms with Gasteiger partial charge in [-0.25, -0.2) is 8.42 Å². The Morgan fingerprint density at radius 1 is 1.55 bits per heavy atom. The summed E-state index contributed by atoms with van der Waals surface area (Å²) in [6, 6.07) is -0.0155. The van der Waals surface area contributed by atoms with Gasteiger partial charge >= 0.3 is 0 Å². The number of nitrogens with two attached hydrogens (primary N) is 1. The first-order chi connectivity index (χ1) is 9.34. The molecule has 0 aliphatic carbocycles. The van der Waals surface area contributed by atoms with Gasteiger partial charge in [-0.3, -0.25) is 9.58 Å². The van der Waals surface area contributed by atoms with Crippen LogP contribution in [0.4, 0.5) is 0 Å². The standard InChI is InChI=1S/C13H24N4O2S/c1-4-12(14)13(11-7-15-16(3)8-11)17-5-6-20(18,19)9-10(17)2/h7-8,10,12-13H,4-6,9,14H2,1-3H3. The van der Waals surface area contributed by atoms with Crippen molar-refractivity contribution in [1.29, 1.82) is 0 Å². The molecule has 114 valence electrons. The number of aromatic nitrogens is 2. The van der Waals surface area contributed by atoms with Gasteiger partial charge in [-0.2, -0.15) is 5.10 Å². The summed E-state index contributed by atoms with van der Waals surface area (Å²) in [5.74, 6) is 0.421. The molecule has 2 rings (SSSR count). The summed E-state index contributed by atoms with van der Waals surface area (Å²) in [4.78, 5) is 2.21. The first-order valence-corrected chi connectivity index (χ1v) is 8.86. The van der Waals surface area contributed by atoms with Crippen LogP contribution in [-0.2, 0) is 16.9 Å². The highest BCUT2D eigenvalue weighted by Crippen LogP contribution is 2.29. The Morgan fingerprint density at radius 3 is 2.75 bits per heavy atom. The summed E-state index contributed by atoms with van der Waals surface area (Å²) >= 11 is 0. The van der Waals surface area contributed by atoms with Gasteiger partial charge in [0.1, 0.15) is 0 Å². The molecule has 0 aromatic carbocycles. The van der Waals surface area contributed by atoms with E-state index in [9.17, 15) is 8.42 Å². The Kier molecular flexibility index (Phi) is 4.51. The van der Waals surface area contributed by atoms with E-state index in [2.05, 4.69) is 16.9 Å². The van der Waals surface area contributed by atoms with Crippen LogP contribution in [0, 0.1) is 0 Å². The Morgan fingerprint density at radius 2 is 2.25 bits per heavy atom. The van der Waals surface area contributed by atoms with Gasteiger partial charge in [0, 0.05) is 37.4 Å². The van der Waals surface area contributed by atoms with Crippen LogP contribution in [0.15, 0.2) is 12.4 Å². The van der Waals surface area contributed by atoms with Gasteiger partial charge in [-0.1, -0.05) is 6.92 Å². The van der Waals surface area contributed by atoms with Crippen molar-refractivity contribution in [2.75, 3.05) is 18.1 Å². The van der Waals surface area contributed by atoms with Crippen LogP contribution in [0.5, 0.6) is 0 Å². The Hall–Kier alpha value is -0.920. The Bertz CT molecular complexity index is 554. The first-order valence-electron chi connectivity index (χ1n) is 7.04. The fourth-order valence-corrected chi connectivity index (χ4v) is 4.51. The molecule has 1 fully saturated rings. The van der Waals surface area contributed by atoms with Crippen molar-refractivity contribution in [3.8, 4) is 0 Å². The molecule has 3 atom stereocenters. The van der Waals surface area contributed by atoms with Crippen molar-refractivity contribution >= 4 is 9.84 Å². The van der Waals surface area contributed by atoms with Gasteiger partial charge in [-0.05, 0) is 13.3 Å². The highest BCUT2D eigenvalue weighted by atomic mass is 32.2. The minimum atomic E-state index is -2.91. The molecule has 0 saturated carbocycles. The molecule has 6 nitrogen and oxygen atoms in total. The molecular weight excluding hydrogens is 276 g/mol. The second kappa shape index (κ2) is 5.83. The maximum Gasteiger partial charge on any atom is 0.153 e. The summed E-state index contributed by atoms with van der Waals surface area (Å²) in [7, 11) is -1.03. The van der Waals surface area contributed by atoms with Crippen molar-refractivity contribution in [2.24, 2.45) is 12.8 Å². The normalized spacial score (nSPS) is 26.3. The molecule has 1 aromatic rings. The van der Waals surface area contributed by atoms with Gasteiger partial charge in [0.15, 0.2) is 9.84 Å². The third-order valence-corrected chi connectivity index (χ3v) is 5.82. The maximum absolute atomic E-state index is 11.7. The van der Waals surface area contributed by atoms with Crippen LogP contribution in [0.1, 0.15) is 31.9 Å². The molecular formula is C13H24N4O2S. The minimum Gasteiger partial charge on any atom is -0.326 e. The fraction of sp³-hybridized carbons (Fsp3) is 0.769. The topological polar surface area (TPSA) is 81.2 Å². The number of hydrogen-bond acceptors (Lipinski definition) is 5. The lowest BCUT2D eigenvalue weighted by Gasteiger charge is -2.41. The number of nitrogens with zero attached hydrogens (tertiary/aromatic N) is 3. The average Bonchev–Trinajstić information content (AvgIpc) is 2.77. The van der Waals surface area contributed by atoms with Crippen LogP contribution < -0.4 is 5.73 Å². The van der Waals surface area contributed by atoms with E-state index in [-0.39, 0.29) is 29.6 Å². The van der Waals surface area contributed by atoms with Crippen LogP contribution in [0.3, 0.4) is 0 Å². The van der Waals surface area contributed by atoms with E-state index in [0.29, 0.717) is 6.54 Å². The molecule has 20 heavy (non-hydrogen) atoms. The molecule has 1 aliphatic heterocycles. The summed E-state index contributed by atoms with van der Waals surface area (Å²) in [6.07, 6.45) is 4.64. The molecule has 1 saturated heterocycles. The second-order valence-electron chi connectivity index (χ2n) is 5.67. The molecule has 2 heterocycles. The highest BCUT2D eigenvalue weighted by molar-refractivity contribution is 7.91. The third-order valence-electron chi connectivity index (χ3n) is 4.02. The van der Waals surface area contributed by atoms with Gasteiger partial charge in [-0.15, -0.1) is 0 Å². The predicted molar refractivity (Wildman–Crippen MR) is 79.0 cm³/mol. The van der Waals surface area contributed by atoms with E-state index in [1.54, 1.807) is 4.68 Å². The van der Waals surface area contributed by atoms with Gasteiger partial charge in [0.2, 0.25) is 0 Å². The van der Waals surface area contributed by atoms with Crippen molar-refractivity contribution in [2.45, 2.75) is 38.4 Å². The third kappa shape index (κ3) is 3.21. The Balaban J connectivity index is 2.28. The molecule has 1 aliphatic rings. The van der Waals surface area contributed by atoms with E-state index in [1.165, 1.54) is 0 Å². The maximum atomic E-state index is 11.7. The van der Waals surface area contributed by atoms with Crippen molar-refractivity contribution < 1.29 is 8.42 Å². The lowest BCUT2D eigenvalue weighted by molar-refractivity contribution is 0.134. The summed E-state index contributed by atoms with van der Waals surface area (Å²) in [5.41, 5.74) is 7.35. The molecule has 7 heteroatoms. The lowest BCUT2D eigenvalue weighted by Crippen LogP contribution is -2.52. The molecule has 3 unspecified atom stereocenters. The summed E-state index contributed by atoms with van der Waals surface area (Å²) in [6.45, 7) is 4.55. The molecule has 0 spiro atoms. The molecule has 0 radical (unpaired) electrons. The zero-order valence-electron chi connectivity index (χ0n) is 12.4. The fourth-order valence-electron chi connectivity index (χ4n) is 2.93. The smallest absolute Gasteiger partial charge is 0.153 e. The molecule has 1 aromatic heterocycles. The van der Waals surface area contributed by atoms with Crippen LogP contribution in [0.25, 0.3) is 0 Å². The minimum absolute atomic E-state index is 0.0171. The van der Waals surface area contributed by atoms with Crippen molar-refractivity contribution in [3.63, 3.8) is 0 Å². The van der Waals surface area contributed by atoms with E-state index in [4.69, 9.17) is 5.73 Å². The number of aryl methyl sites for hydroxylation is 1. The molecule has 2 N–H and O–H groups in total. The summed E-state index contributed by atoms with van der Waals surface area (Å²) < 4.78 is 25.2. The van der Waals surface area contributed by atoms with Gasteiger partial charge in [0.25, 0.3) is 0 Å². The average molecular weight is 300 g/mol. The Labute approximate surface area is 120 Å². The monoisotopic (exact) mass is 300 g/mol. The van der Waals surface area contributed by atoms with Crippen LogP contribution in [0.2, 0.25) is 0 Å². The number of hydrogen-bond donors (Lipinski definition) is 1. The van der Waals surface area contributed by atoms with Gasteiger partial charge < -0.3 is 5.73 Å².